The smallest absolute Gasteiger partial charge is 0.126 e. The van der Waals surface area contributed by atoms with Crippen LogP contribution in [0.4, 0.5) is 5.69 Å². The number of hydrogen-bond acceptors (Lipinski definition) is 3. The third kappa shape index (κ3) is 4.40. The number of nitrogens with two attached hydrogens (primary N) is 1. The summed E-state index contributed by atoms with van der Waals surface area (Å²) in [7, 11) is 1.68. The number of amidine groups is 1. The summed E-state index contributed by atoms with van der Waals surface area (Å²) in [6, 6.07) is 5.58. The van der Waals surface area contributed by atoms with Gasteiger partial charge < -0.3 is 15.4 Å². The molecule has 0 fully saturated rings. The quantitative estimate of drug-likeness (QED) is 0.597. The molecule has 0 bridgehead atoms. The lowest BCUT2D eigenvalue weighted by Crippen LogP contribution is -2.33. The van der Waals surface area contributed by atoms with Crippen LogP contribution in [0.3, 0.4) is 0 Å². The molecule has 106 valence electrons. The zero-order chi connectivity index (χ0) is 14.4. The number of halogens is 1. The Kier molecular flexibility index (Phi) is 6.12. The first-order chi connectivity index (χ1) is 8.97. The van der Waals surface area contributed by atoms with Crippen LogP contribution in [0.1, 0.15) is 19.4 Å². The summed E-state index contributed by atoms with van der Waals surface area (Å²) in [4.78, 5) is 2.16. The van der Waals surface area contributed by atoms with Gasteiger partial charge in [0, 0.05) is 25.9 Å². The SMILES string of the molecule is COCCN(CC(C)C)c1cccc(Cl)c1C(=N)N. The van der Waals surface area contributed by atoms with Crippen molar-refractivity contribution in [3.8, 4) is 0 Å². The molecule has 0 aliphatic rings. The molecular weight excluding hydrogens is 262 g/mol. The summed E-state index contributed by atoms with van der Waals surface area (Å²) in [6.07, 6.45) is 0. The first-order valence-corrected chi connectivity index (χ1v) is 6.72. The van der Waals surface area contributed by atoms with Gasteiger partial charge in [-0.15, -0.1) is 0 Å². The summed E-state index contributed by atoms with van der Waals surface area (Å²) >= 11 is 6.16. The van der Waals surface area contributed by atoms with E-state index in [4.69, 9.17) is 27.5 Å². The van der Waals surface area contributed by atoms with Gasteiger partial charge in [-0.05, 0) is 18.1 Å². The molecule has 0 aliphatic heterocycles. The zero-order valence-corrected chi connectivity index (χ0v) is 12.5. The maximum absolute atomic E-state index is 7.71. The van der Waals surface area contributed by atoms with E-state index in [9.17, 15) is 0 Å². The second-order valence-electron chi connectivity index (χ2n) is 4.88. The highest BCUT2D eigenvalue weighted by Crippen LogP contribution is 2.27. The third-order valence-electron chi connectivity index (χ3n) is 2.75. The highest BCUT2D eigenvalue weighted by Gasteiger charge is 2.16. The van der Waals surface area contributed by atoms with Crippen LogP contribution in [0.15, 0.2) is 18.2 Å². The number of methoxy groups -OCH3 is 1. The van der Waals surface area contributed by atoms with E-state index >= 15 is 0 Å². The Morgan fingerprint density at radius 1 is 1.47 bits per heavy atom. The standard InChI is InChI=1S/C14H22ClN3O/c1-10(2)9-18(7-8-19-3)12-6-4-5-11(15)13(12)14(16)17/h4-6,10H,7-9H2,1-3H3,(H3,16,17). The minimum Gasteiger partial charge on any atom is -0.384 e. The van der Waals surface area contributed by atoms with Crippen LogP contribution in [0.5, 0.6) is 0 Å². The third-order valence-corrected chi connectivity index (χ3v) is 3.07. The molecule has 0 unspecified atom stereocenters. The monoisotopic (exact) mass is 283 g/mol. The number of nitrogens with zero attached hydrogens (tertiary/aromatic N) is 1. The van der Waals surface area contributed by atoms with Crippen LogP contribution in [0, 0.1) is 11.3 Å². The van der Waals surface area contributed by atoms with E-state index in [1.165, 1.54) is 0 Å². The van der Waals surface area contributed by atoms with Crippen LogP contribution in [-0.2, 0) is 4.74 Å². The molecule has 0 radical (unpaired) electrons. The Bertz CT molecular complexity index is 435. The van der Waals surface area contributed by atoms with E-state index in [-0.39, 0.29) is 5.84 Å². The normalized spacial score (nSPS) is 10.8. The fraction of sp³-hybridized carbons (Fsp3) is 0.500. The Balaban J connectivity index is 3.13. The summed E-state index contributed by atoms with van der Waals surface area (Å²) in [5.41, 5.74) is 7.15. The molecule has 0 amide bonds. The van der Waals surface area contributed by atoms with Crippen molar-refractivity contribution in [2.45, 2.75) is 13.8 Å². The van der Waals surface area contributed by atoms with Gasteiger partial charge in [-0.2, -0.15) is 0 Å². The maximum Gasteiger partial charge on any atom is 0.126 e. The molecule has 4 nitrogen and oxygen atoms in total. The van der Waals surface area contributed by atoms with Crippen molar-refractivity contribution >= 4 is 23.1 Å². The predicted molar refractivity (Wildman–Crippen MR) is 81.4 cm³/mol. The Labute approximate surface area is 120 Å². The van der Waals surface area contributed by atoms with E-state index < -0.39 is 0 Å². The van der Waals surface area contributed by atoms with Crippen molar-refractivity contribution < 1.29 is 4.74 Å². The minimum absolute atomic E-state index is 0.00762. The van der Waals surface area contributed by atoms with Gasteiger partial charge in [0.05, 0.1) is 17.2 Å². The Hall–Kier alpha value is -1.26. The second kappa shape index (κ2) is 7.36. The number of hydrogen-bond donors (Lipinski definition) is 2. The topological polar surface area (TPSA) is 62.3 Å². The van der Waals surface area contributed by atoms with E-state index in [1.807, 2.05) is 12.1 Å². The summed E-state index contributed by atoms with van der Waals surface area (Å²) in [6.45, 7) is 6.53. The van der Waals surface area contributed by atoms with Crippen LogP contribution in [-0.4, -0.2) is 32.6 Å². The predicted octanol–water partition coefficient (Wildman–Crippen LogP) is 2.73. The Morgan fingerprint density at radius 2 is 2.16 bits per heavy atom. The van der Waals surface area contributed by atoms with Crippen molar-refractivity contribution in [1.82, 2.24) is 0 Å². The molecule has 1 rings (SSSR count). The molecule has 0 saturated carbocycles. The van der Waals surface area contributed by atoms with Gasteiger partial charge in [0.25, 0.3) is 0 Å². The van der Waals surface area contributed by atoms with Gasteiger partial charge in [-0.1, -0.05) is 31.5 Å². The second-order valence-corrected chi connectivity index (χ2v) is 5.29. The number of nitrogens with one attached hydrogen (secondary N) is 1. The number of benzene rings is 1. The highest BCUT2D eigenvalue weighted by atomic mass is 35.5. The van der Waals surface area contributed by atoms with E-state index in [2.05, 4.69) is 18.7 Å². The van der Waals surface area contributed by atoms with Crippen LogP contribution in [0.25, 0.3) is 0 Å². The van der Waals surface area contributed by atoms with Crippen molar-refractivity contribution in [3.63, 3.8) is 0 Å². The van der Waals surface area contributed by atoms with Crippen LogP contribution >= 0.6 is 11.6 Å². The molecule has 0 saturated heterocycles. The van der Waals surface area contributed by atoms with Crippen molar-refractivity contribution in [1.29, 1.82) is 5.41 Å². The fourth-order valence-corrected chi connectivity index (χ4v) is 2.27. The van der Waals surface area contributed by atoms with E-state index in [1.54, 1.807) is 13.2 Å². The molecule has 3 N–H and O–H groups in total. The highest BCUT2D eigenvalue weighted by molar-refractivity contribution is 6.34. The fourth-order valence-electron chi connectivity index (χ4n) is 2.00. The van der Waals surface area contributed by atoms with Crippen molar-refractivity contribution in [2.24, 2.45) is 11.7 Å². The zero-order valence-electron chi connectivity index (χ0n) is 11.7. The van der Waals surface area contributed by atoms with E-state index in [0.29, 0.717) is 23.1 Å². The average Bonchev–Trinajstić information content (AvgIpc) is 2.33. The van der Waals surface area contributed by atoms with Gasteiger partial charge in [0.1, 0.15) is 5.84 Å². The number of rotatable bonds is 7. The number of nitrogen functional groups attached to an aromatic ring is 1. The lowest BCUT2D eigenvalue weighted by molar-refractivity contribution is 0.204. The molecule has 0 spiro atoms. The van der Waals surface area contributed by atoms with E-state index in [0.717, 1.165) is 18.8 Å². The first-order valence-electron chi connectivity index (χ1n) is 6.34. The average molecular weight is 284 g/mol. The van der Waals surface area contributed by atoms with Gasteiger partial charge in [0.2, 0.25) is 0 Å². The molecule has 0 heterocycles. The molecule has 1 aromatic carbocycles. The molecule has 0 atom stereocenters. The molecule has 19 heavy (non-hydrogen) atoms. The molecular formula is C14H22ClN3O. The molecule has 0 aromatic heterocycles. The molecule has 5 heteroatoms. The number of ether oxygens (including phenoxy) is 1. The summed E-state index contributed by atoms with van der Waals surface area (Å²) in [5.74, 6) is 0.488. The minimum atomic E-state index is -0.00762. The maximum atomic E-state index is 7.71. The van der Waals surface area contributed by atoms with Gasteiger partial charge in [-0.3, -0.25) is 5.41 Å². The van der Waals surface area contributed by atoms with Crippen LogP contribution in [0.2, 0.25) is 5.02 Å². The van der Waals surface area contributed by atoms with Crippen molar-refractivity contribution in [3.05, 3.63) is 28.8 Å². The van der Waals surface area contributed by atoms with Gasteiger partial charge in [0.15, 0.2) is 0 Å². The summed E-state index contributed by atoms with van der Waals surface area (Å²) < 4.78 is 5.15. The number of anilines is 1. The largest absolute Gasteiger partial charge is 0.384 e. The first kappa shape index (κ1) is 15.8. The molecule has 0 aliphatic carbocycles. The summed E-state index contributed by atoms with van der Waals surface area (Å²) in [5, 5.41) is 8.22. The molecule has 1 aromatic rings. The van der Waals surface area contributed by atoms with Gasteiger partial charge >= 0.3 is 0 Å². The lowest BCUT2D eigenvalue weighted by Gasteiger charge is -2.28. The Morgan fingerprint density at radius 3 is 2.68 bits per heavy atom. The van der Waals surface area contributed by atoms with Gasteiger partial charge in [-0.25, -0.2) is 0 Å². The van der Waals surface area contributed by atoms with Crippen LogP contribution < -0.4 is 10.6 Å². The lowest BCUT2D eigenvalue weighted by atomic mass is 10.1. The van der Waals surface area contributed by atoms with Crippen molar-refractivity contribution in [2.75, 3.05) is 31.7 Å².